The lowest BCUT2D eigenvalue weighted by Gasteiger charge is -2.07. The van der Waals surface area contributed by atoms with Crippen LogP contribution in [0.3, 0.4) is 0 Å². The van der Waals surface area contributed by atoms with Gasteiger partial charge in [0.15, 0.2) is 0 Å². The van der Waals surface area contributed by atoms with Gasteiger partial charge in [-0.3, -0.25) is 0 Å². The molecule has 2 nitrogen and oxygen atoms in total. The Hall–Kier alpha value is -0.990. The van der Waals surface area contributed by atoms with Crippen molar-refractivity contribution in [2.75, 3.05) is 0 Å². The summed E-state index contributed by atoms with van der Waals surface area (Å²) in [6.07, 6.45) is 2.55. The van der Waals surface area contributed by atoms with Crippen LogP contribution < -0.4 is 5.73 Å². The molecule has 0 unspecified atom stereocenters. The highest BCUT2D eigenvalue weighted by molar-refractivity contribution is 6.31. The minimum Gasteiger partial charge on any atom is -0.340 e. The molecule has 1 fully saturated rings. The van der Waals surface area contributed by atoms with E-state index in [1.807, 2.05) is 12.1 Å². The minimum absolute atomic E-state index is 0.606. The largest absolute Gasteiger partial charge is 0.340 e. The molecular formula is C13H15ClN2. The van der Waals surface area contributed by atoms with E-state index in [0.717, 1.165) is 5.02 Å². The third-order valence-electron chi connectivity index (χ3n) is 3.45. The molecule has 0 spiro atoms. The van der Waals surface area contributed by atoms with Crippen molar-refractivity contribution in [1.82, 2.24) is 4.57 Å². The van der Waals surface area contributed by atoms with Crippen molar-refractivity contribution in [3.05, 3.63) is 34.5 Å². The van der Waals surface area contributed by atoms with Crippen molar-refractivity contribution in [3.8, 4) is 0 Å². The normalized spacial score (nSPS) is 15.9. The van der Waals surface area contributed by atoms with E-state index in [4.69, 9.17) is 17.3 Å². The Morgan fingerprint density at radius 3 is 2.81 bits per heavy atom. The Labute approximate surface area is 100.0 Å². The van der Waals surface area contributed by atoms with Crippen LogP contribution in [0.15, 0.2) is 18.2 Å². The van der Waals surface area contributed by atoms with Gasteiger partial charge in [-0.15, -0.1) is 0 Å². The van der Waals surface area contributed by atoms with Gasteiger partial charge in [-0.2, -0.15) is 0 Å². The molecule has 3 heteroatoms. The van der Waals surface area contributed by atoms with Crippen LogP contribution in [-0.2, 0) is 6.54 Å². The molecule has 1 aliphatic rings. The van der Waals surface area contributed by atoms with E-state index in [1.54, 1.807) is 0 Å². The molecule has 3 rings (SSSR count). The zero-order chi connectivity index (χ0) is 11.3. The fraction of sp³-hybridized carbons (Fsp3) is 0.385. The quantitative estimate of drug-likeness (QED) is 0.849. The summed E-state index contributed by atoms with van der Waals surface area (Å²) in [6, 6.07) is 6.78. The van der Waals surface area contributed by atoms with Gasteiger partial charge in [-0.05, 0) is 43.5 Å². The lowest BCUT2D eigenvalue weighted by molar-refractivity contribution is 0.717. The summed E-state index contributed by atoms with van der Waals surface area (Å²) in [5.74, 6) is 0. The lowest BCUT2D eigenvalue weighted by atomic mass is 10.1. The van der Waals surface area contributed by atoms with Gasteiger partial charge in [0.2, 0.25) is 0 Å². The Morgan fingerprint density at radius 1 is 1.44 bits per heavy atom. The van der Waals surface area contributed by atoms with Crippen molar-refractivity contribution in [2.45, 2.75) is 32.4 Å². The SMILES string of the molecule is Cc1c(CN)n(C2CC2)c2ccc(Cl)cc12. The van der Waals surface area contributed by atoms with Gasteiger partial charge in [-0.1, -0.05) is 11.6 Å². The smallest absolute Gasteiger partial charge is 0.0489 e. The van der Waals surface area contributed by atoms with Crippen molar-refractivity contribution in [2.24, 2.45) is 5.73 Å². The summed E-state index contributed by atoms with van der Waals surface area (Å²) < 4.78 is 2.40. The molecule has 0 aliphatic heterocycles. The van der Waals surface area contributed by atoms with Crippen LogP contribution in [0.5, 0.6) is 0 Å². The Bertz CT molecular complexity index is 553. The van der Waals surface area contributed by atoms with Crippen LogP contribution in [0.25, 0.3) is 10.9 Å². The Kier molecular flexibility index (Phi) is 2.23. The maximum atomic E-state index is 6.05. The highest BCUT2D eigenvalue weighted by Crippen LogP contribution is 2.41. The number of rotatable bonds is 2. The summed E-state index contributed by atoms with van der Waals surface area (Å²) in [5, 5.41) is 2.05. The lowest BCUT2D eigenvalue weighted by Crippen LogP contribution is -2.06. The van der Waals surface area contributed by atoms with Gasteiger partial charge in [0.05, 0.1) is 0 Å². The van der Waals surface area contributed by atoms with Crippen molar-refractivity contribution >= 4 is 22.5 Å². The van der Waals surface area contributed by atoms with Crippen LogP contribution >= 0.6 is 11.6 Å². The van der Waals surface area contributed by atoms with Crippen molar-refractivity contribution < 1.29 is 0 Å². The summed E-state index contributed by atoms with van der Waals surface area (Å²) >= 11 is 6.05. The van der Waals surface area contributed by atoms with E-state index in [9.17, 15) is 0 Å². The third kappa shape index (κ3) is 1.37. The molecule has 16 heavy (non-hydrogen) atoms. The molecule has 1 heterocycles. The van der Waals surface area contributed by atoms with Crippen LogP contribution in [0.4, 0.5) is 0 Å². The number of hydrogen-bond donors (Lipinski definition) is 1. The summed E-state index contributed by atoms with van der Waals surface area (Å²) in [4.78, 5) is 0. The van der Waals surface area contributed by atoms with E-state index in [1.165, 1.54) is 35.0 Å². The molecule has 2 aromatic rings. The third-order valence-corrected chi connectivity index (χ3v) is 3.69. The molecule has 0 bridgehead atoms. The highest BCUT2D eigenvalue weighted by Gasteiger charge is 2.28. The average Bonchev–Trinajstić information content (AvgIpc) is 3.06. The van der Waals surface area contributed by atoms with Gasteiger partial charge in [0, 0.05) is 34.2 Å². The molecular weight excluding hydrogens is 220 g/mol. The van der Waals surface area contributed by atoms with Crippen LogP contribution in [0, 0.1) is 6.92 Å². The second-order valence-electron chi connectivity index (χ2n) is 4.54. The van der Waals surface area contributed by atoms with Gasteiger partial charge in [0.1, 0.15) is 0 Å². The van der Waals surface area contributed by atoms with Crippen LogP contribution in [0.2, 0.25) is 5.02 Å². The second-order valence-corrected chi connectivity index (χ2v) is 4.97. The topological polar surface area (TPSA) is 30.9 Å². The Balaban J connectivity index is 2.36. The van der Waals surface area contributed by atoms with Gasteiger partial charge < -0.3 is 10.3 Å². The number of hydrogen-bond acceptors (Lipinski definition) is 1. The summed E-state index contributed by atoms with van der Waals surface area (Å²) in [5.41, 5.74) is 9.70. The standard InChI is InChI=1S/C13H15ClN2/c1-8-11-6-9(14)2-5-12(11)16(10-3-4-10)13(8)7-15/h2,5-6,10H,3-4,7,15H2,1H3. The molecule has 0 amide bonds. The molecule has 1 aliphatic carbocycles. The summed E-state index contributed by atoms with van der Waals surface area (Å²) in [7, 11) is 0. The molecule has 2 N–H and O–H groups in total. The van der Waals surface area contributed by atoms with Crippen LogP contribution in [0.1, 0.15) is 30.1 Å². The first-order valence-corrected chi connectivity index (χ1v) is 6.09. The van der Waals surface area contributed by atoms with Gasteiger partial charge in [-0.25, -0.2) is 0 Å². The Morgan fingerprint density at radius 2 is 2.19 bits per heavy atom. The van der Waals surface area contributed by atoms with E-state index < -0.39 is 0 Å². The van der Waals surface area contributed by atoms with Crippen molar-refractivity contribution in [3.63, 3.8) is 0 Å². The molecule has 1 aromatic heterocycles. The number of benzene rings is 1. The molecule has 0 atom stereocenters. The minimum atomic E-state index is 0.606. The number of aryl methyl sites for hydroxylation is 1. The predicted molar refractivity (Wildman–Crippen MR) is 67.8 cm³/mol. The number of nitrogens with two attached hydrogens (primary N) is 1. The predicted octanol–water partition coefficient (Wildman–Crippen LogP) is 3.40. The zero-order valence-corrected chi connectivity index (χ0v) is 10.1. The zero-order valence-electron chi connectivity index (χ0n) is 9.33. The van der Waals surface area contributed by atoms with Crippen molar-refractivity contribution in [1.29, 1.82) is 0 Å². The molecule has 0 radical (unpaired) electrons. The molecule has 84 valence electrons. The molecule has 1 saturated carbocycles. The first-order valence-electron chi connectivity index (χ1n) is 5.71. The monoisotopic (exact) mass is 234 g/mol. The second kappa shape index (κ2) is 3.51. The van der Waals surface area contributed by atoms with E-state index in [2.05, 4.69) is 17.6 Å². The van der Waals surface area contributed by atoms with E-state index >= 15 is 0 Å². The van der Waals surface area contributed by atoms with Gasteiger partial charge >= 0.3 is 0 Å². The number of aromatic nitrogens is 1. The van der Waals surface area contributed by atoms with E-state index in [-0.39, 0.29) is 0 Å². The maximum absolute atomic E-state index is 6.05. The summed E-state index contributed by atoms with van der Waals surface area (Å²) in [6.45, 7) is 2.74. The fourth-order valence-corrected chi connectivity index (χ4v) is 2.67. The number of fused-ring (bicyclic) bond motifs is 1. The van der Waals surface area contributed by atoms with Crippen LogP contribution in [-0.4, -0.2) is 4.57 Å². The number of nitrogens with zero attached hydrogens (tertiary/aromatic N) is 1. The first-order chi connectivity index (χ1) is 7.72. The first kappa shape index (κ1) is 10.2. The average molecular weight is 235 g/mol. The fourth-order valence-electron chi connectivity index (χ4n) is 2.50. The number of halogens is 1. The maximum Gasteiger partial charge on any atom is 0.0489 e. The molecule has 0 saturated heterocycles. The highest BCUT2D eigenvalue weighted by atomic mass is 35.5. The molecule has 1 aromatic carbocycles. The van der Waals surface area contributed by atoms with Gasteiger partial charge in [0.25, 0.3) is 0 Å². The van der Waals surface area contributed by atoms with E-state index in [0.29, 0.717) is 12.6 Å².